The number of aromatic amines is 1. The van der Waals surface area contributed by atoms with E-state index in [0.717, 1.165) is 5.56 Å². The number of carbonyl (C=O) groups is 1. The standard InChI is InChI=1S/C25H19FN4O2/c1-32-24-19(25(31)28-22(15-27)17-5-3-2-4-6-17)12-14-21-23(24)20(29-30-21)13-9-16-7-10-18(26)11-8-16/h2-14,22H,1H3,(H,28,31)(H,29,30). The highest BCUT2D eigenvalue weighted by atomic mass is 19.1. The molecule has 158 valence electrons. The lowest BCUT2D eigenvalue weighted by Crippen LogP contribution is -2.28. The fraction of sp³-hybridized carbons (Fsp3) is 0.0800. The summed E-state index contributed by atoms with van der Waals surface area (Å²) in [5.41, 5.74) is 3.03. The lowest BCUT2D eigenvalue weighted by Gasteiger charge is -2.14. The summed E-state index contributed by atoms with van der Waals surface area (Å²) in [5.74, 6) is -0.401. The number of rotatable bonds is 6. The Morgan fingerprint density at radius 3 is 2.56 bits per heavy atom. The number of nitriles is 1. The highest BCUT2D eigenvalue weighted by molar-refractivity contribution is 6.05. The summed E-state index contributed by atoms with van der Waals surface area (Å²) in [4.78, 5) is 13.0. The van der Waals surface area contributed by atoms with Gasteiger partial charge in [0.2, 0.25) is 0 Å². The van der Waals surface area contributed by atoms with E-state index in [0.29, 0.717) is 27.9 Å². The molecule has 32 heavy (non-hydrogen) atoms. The van der Waals surface area contributed by atoms with Crippen LogP contribution < -0.4 is 10.1 Å². The summed E-state index contributed by atoms with van der Waals surface area (Å²) in [7, 11) is 1.48. The first kappa shape index (κ1) is 20.8. The minimum atomic E-state index is -0.800. The van der Waals surface area contributed by atoms with Crippen molar-refractivity contribution in [2.75, 3.05) is 7.11 Å². The molecule has 0 saturated carbocycles. The second kappa shape index (κ2) is 9.14. The van der Waals surface area contributed by atoms with Crippen molar-refractivity contribution in [1.82, 2.24) is 15.5 Å². The predicted octanol–water partition coefficient (Wildman–Crippen LogP) is 4.88. The van der Waals surface area contributed by atoms with Crippen LogP contribution in [0.25, 0.3) is 23.1 Å². The largest absolute Gasteiger partial charge is 0.495 e. The van der Waals surface area contributed by atoms with E-state index < -0.39 is 11.9 Å². The van der Waals surface area contributed by atoms with Crippen molar-refractivity contribution in [3.63, 3.8) is 0 Å². The molecule has 0 aliphatic carbocycles. The van der Waals surface area contributed by atoms with Crippen LogP contribution in [0.2, 0.25) is 0 Å². The van der Waals surface area contributed by atoms with E-state index in [2.05, 4.69) is 21.6 Å². The highest BCUT2D eigenvalue weighted by Crippen LogP contribution is 2.32. The van der Waals surface area contributed by atoms with E-state index in [4.69, 9.17) is 4.74 Å². The number of nitrogens with one attached hydrogen (secondary N) is 2. The smallest absolute Gasteiger partial charge is 0.256 e. The summed E-state index contributed by atoms with van der Waals surface area (Å²) in [6.45, 7) is 0. The molecule has 3 aromatic carbocycles. The molecule has 0 aliphatic rings. The minimum Gasteiger partial charge on any atom is -0.495 e. The number of fused-ring (bicyclic) bond motifs is 1. The molecule has 1 unspecified atom stereocenters. The molecule has 1 amide bonds. The molecule has 0 aliphatic heterocycles. The third-order valence-corrected chi connectivity index (χ3v) is 5.00. The molecule has 0 bridgehead atoms. The summed E-state index contributed by atoms with van der Waals surface area (Å²) in [5, 5.41) is 20.2. The van der Waals surface area contributed by atoms with Gasteiger partial charge in [0, 0.05) is 0 Å². The summed E-state index contributed by atoms with van der Waals surface area (Å²) < 4.78 is 18.7. The molecule has 6 nitrogen and oxygen atoms in total. The topological polar surface area (TPSA) is 90.8 Å². The molecule has 0 spiro atoms. The van der Waals surface area contributed by atoms with Gasteiger partial charge in [0.1, 0.15) is 17.6 Å². The zero-order chi connectivity index (χ0) is 22.5. The van der Waals surface area contributed by atoms with Crippen molar-refractivity contribution < 1.29 is 13.9 Å². The van der Waals surface area contributed by atoms with Crippen LogP contribution in [0, 0.1) is 17.1 Å². The van der Waals surface area contributed by atoms with Crippen molar-refractivity contribution in [3.8, 4) is 11.8 Å². The number of halogens is 1. The minimum absolute atomic E-state index is 0.286. The van der Waals surface area contributed by atoms with Gasteiger partial charge in [-0.25, -0.2) is 4.39 Å². The van der Waals surface area contributed by atoms with Crippen LogP contribution in [-0.4, -0.2) is 23.2 Å². The van der Waals surface area contributed by atoms with Gasteiger partial charge in [0.15, 0.2) is 0 Å². The molecule has 4 rings (SSSR count). The Balaban J connectivity index is 1.68. The highest BCUT2D eigenvalue weighted by Gasteiger charge is 2.21. The van der Waals surface area contributed by atoms with Crippen molar-refractivity contribution in [2.24, 2.45) is 0 Å². The van der Waals surface area contributed by atoms with Crippen LogP contribution in [-0.2, 0) is 0 Å². The number of nitrogens with zero attached hydrogens (tertiary/aromatic N) is 2. The summed E-state index contributed by atoms with van der Waals surface area (Å²) in [6, 6.07) is 19.8. The molecule has 7 heteroatoms. The second-order valence-electron chi connectivity index (χ2n) is 7.01. The van der Waals surface area contributed by atoms with Gasteiger partial charge in [0.25, 0.3) is 5.91 Å². The SMILES string of the molecule is COc1c(C(=O)NC(C#N)c2ccccc2)ccc2[nH]nc(C=Cc3ccc(F)cc3)c12. The van der Waals surface area contributed by atoms with Crippen molar-refractivity contribution in [1.29, 1.82) is 5.26 Å². The monoisotopic (exact) mass is 426 g/mol. The average molecular weight is 426 g/mol. The quantitative estimate of drug-likeness (QED) is 0.460. The Kier molecular flexibility index (Phi) is 5.95. The Morgan fingerprint density at radius 1 is 1.12 bits per heavy atom. The average Bonchev–Trinajstić information content (AvgIpc) is 3.25. The normalized spacial score (nSPS) is 11.9. The number of methoxy groups -OCH3 is 1. The zero-order valence-corrected chi connectivity index (χ0v) is 17.2. The van der Waals surface area contributed by atoms with Crippen LogP contribution in [0.5, 0.6) is 5.75 Å². The maximum absolute atomic E-state index is 13.1. The molecular weight excluding hydrogens is 407 g/mol. The number of ether oxygens (including phenoxy) is 1. The van der Waals surface area contributed by atoms with Gasteiger partial charge in [-0.15, -0.1) is 0 Å². The second-order valence-corrected chi connectivity index (χ2v) is 7.01. The van der Waals surface area contributed by atoms with Crippen LogP contribution in [0.3, 0.4) is 0 Å². The van der Waals surface area contributed by atoms with Gasteiger partial charge in [-0.2, -0.15) is 10.4 Å². The van der Waals surface area contributed by atoms with E-state index in [9.17, 15) is 14.4 Å². The summed E-state index contributed by atoms with van der Waals surface area (Å²) >= 11 is 0. The Bertz CT molecular complexity index is 1320. The Morgan fingerprint density at radius 2 is 1.88 bits per heavy atom. The zero-order valence-electron chi connectivity index (χ0n) is 17.2. The van der Waals surface area contributed by atoms with E-state index >= 15 is 0 Å². The first-order valence-corrected chi connectivity index (χ1v) is 9.85. The number of carbonyl (C=O) groups excluding carboxylic acids is 1. The van der Waals surface area contributed by atoms with Crippen LogP contribution in [0.1, 0.15) is 33.2 Å². The van der Waals surface area contributed by atoms with Gasteiger partial charge in [-0.3, -0.25) is 9.89 Å². The van der Waals surface area contributed by atoms with Crippen molar-refractivity contribution >= 4 is 29.0 Å². The van der Waals surface area contributed by atoms with Crippen LogP contribution in [0.15, 0.2) is 66.7 Å². The van der Waals surface area contributed by atoms with Crippen LogP contribution in [0.4, 0.5) is 4.39 Å². The molecule has 4 aromatic rings. The van der Waals surface area contributed by atoms with E-state index in [1.54, 1.807) is 48.6 Å². The maximum atomic E-state index is 13.1. The third kappa shape index (κ3) is 4.20. The lowest BCUT2D eigenvalue weighted by atomic mass is 10.0. The Hall–Kier alpha value is -4.44. The molecular formula is C25H19FN4O2. The van der Waals surface area contributed by atoms with Crippen molar-refractivity contribution in [3.05, 3.63) is 94.9 Å². The first-order valence-electron chi connectivity index (χ1n) is 9.85. The van der Waals surface area contributed by atoms with Gasteiger partial charge >= 0.3 is 0 Å². The maximum Gasteiger partial charge on any atom is 0.256 e. The predicted molar refractivity (Wildman–Crippen MR) is 120 cm³/mol. The number of amides is 1. The lowest BCUT2D eigenvalue weighted by molar-refractivity contribution is 0.0942. The number of aromatic nitrogens is 2. The Labute approximate surface area is 184 Å². The van der Waals surface area contributed by atoms with Crippen molar-refractivity contribution in [2.45, 2.75) is 6.04 Å². The van der Waals surface area contributed by atoms with Gasteiger partial charge in [0.05, 0.1) is 35.3 Å². The number of benzene rings is 3. The van der Waals surface area contributed by atoms with Gasteiger partial charge < -0.3 is 10.1 Å². The van der Waals surface area contributed by atoms with E-state index in [1.807, 2.05) is 18.2 Å². The van der Waals surface area contributed by atoms with E-state index in [1.165, 1.54) is 19.2 Å². The molecule has 1 aromatic heterocycles. The van der Waals surface area contributed by atoms with Gasteiger partial charge in [-0.05, 0) is 41.5 Å². The van der Waals surface area contributed by atoms with Crippen LogP contribution >= 0.6 is 0 Å². The van der Waals surface area contributed by atoms with Gasteiger partial charge in [-0.1, -0.05) is 48.5 Å². The fourth-order valence-corrected chi connectivity index (χ4v) is 3.41. The molecule has 1 heterocycles. The molecule has 0 fully saturated rings. The molecule has 0 radical (unpaired) electrons. The molecule has 0 saturated heterocycles. The first-order chi connectivity index (χ1) is 15.6. The molecule has 1 atom stereocenters. The fourth-order valence-electron chi connectivity index (χ4n) is 3.41. The summed E-state index contributed by atoms with van der Waals surface area (Å²) in [6.07, 6.45) is 3.56. The number of hydrogen-bond acceptors (Lipinski definition) is 4. The van der Waals surface area contributed by atoms with E-state index in [-0.39, 0.29) is 11.4 Å². The number of H-pyrrole nitrogens is 1. The molecule has 2 N–H and O–H groups in total. The third-order valence-electron chi connectivity index (χ3n) is 5.00. The number of hydrogen-bond donors (Lipinski definition) is 2.